The van der Waals surface area contributed by atoms with Crippen LogP contribution in [0.4, 0.5) is 5.95 Å². The molecule has 2 aromatic carbocycles. The lowest BCUT2D eigenvalue weighted by Gasteiger charge is -2.04. The molecule has 5 nitrogen and oxygen atoms in total. The van der Waals surface area contributed by atoms with Gasteiger partial charge in [-0.05, 0) is 46.4 Å². The monoisotopic (exact) mass is 482 g/mol. The first-order chi connectivity index (χ1) is 11.1. The van der Waals surface area contributed by atoms with Crippen molar-refractivity contribution in [1.82, 2.24) is 14.8 Å². The van der Waals surface area contributed by atoms with Crippen LogP contribution < -0.4 is 5.32 Å². The molecule has 1 aromatic heterocycles. The highest BCUT2D eigenvalue weighted by Gasteiger charge is 2.13. The molecule has 0 spiro atoms. The smallest absolute Gasteiger partial charge is 0.259 e. The van der Waals surface area contributed by atoms with Gasteiger partial charge >= 0.3 is 0 Å². The molecular weight excluding hydrogens is 471 g/mol. The van der Waals surface area contributed by atoms with E-state index in [9.17, 15) is 4.79 Å². The Morgan fingerprint density at radius 1 is 1.22 bits per heavy atom. The Morgan fingerprint density at radius 3 is 2.78 bits per heavy atom. The second kappa shape index (κ2) is 7.22. The number of halogens is 2. The molecule has 0 aliphatic rings. The van der Waals surface area contributed by atoms with E-state index in [4.69, 9.17) is 0 Å². The molecule has 0 saturated heterocycles. The second-order valence-electron chi connectivity index (χ2n) is 4.83. The van der Waals surface area contributed by atoms with Crippen LogP contribution in [0.1, 0.15) is 15.9 Å². The van der Waals surface area contributed by atoms with Crippen LogP contribution in [0.15, 0.2) is 59.3 Å². The fourth-order valence-electron chi connectivity index (χ4n) is 2.04. The van der Waals surface area contributed by atoms with Crippen LogP contribution in [-0.4, -0.2) is 20.7 Å². The van der Waals surface area contributed by atoms with Crippen molar-refractivity contribution in [3.05, 3.63) is 74.0 Å². The molecule has 0 radical (unpaired) electrons. The maximum atomic E-state index is 12.3. The number of anilines is 1. The standard InChI is InChI=1S/C16H12BrIN4O/c17-12-6-7-14(18)13(8-12)15(23)20-16-19-10-22(21-16)9-11-4-2-1-3-5-11/h1-8,10H,9H2,(H,20,21,23). The second-order valence-corrected chi connectivity index (χ2v) is 6.91. The Balaban J connectivity index is 1.71. The van der Waals surface area contributed by atoms with Gasteiger partial charge in [-0.2, -0.15) is 0 Å². The van der Waals surface area contributed by atoms with E-state index in [1.807, 2.05) is 42.5 Å². The van der Waals surface area contributed by atoms with Gasteiger partial charge in [0, 0.05) is 8.04 Å². The Kier molecular flexibility index (Phi) is 5.06. The normalized spacial score (nSPS) is 10.5. The first-order valence-corrected chi connectivity index (χ1v) is 8.69. The Hall–Kier alpha value is -1.74. The van der Waals surface area contributed by atoms with Crippen LogP contribution in [0.3, 0.4) is 0 Å². The third kappa shape index (κ3) is 4.17. The molecule has 0 saturated carbocycles. The van der Waals surface area contributed by atoms with Gasteiger partial charge in [-0.1, -0.05) is 46.3 Å². The number of carbonyl (C=O) groups excluding carboxylic acids is 1. The van der Waals surface area contributed by atoms with Gasteiger partial charge in [0.25, 0.3) is 5.91 Å². The minimum Gasteiger partial charge on any atom is -0.289 e. The van der Waals surface area contributed by atoms with E-state index < -0.39 is 0 Å². The number of benzene rings is 2. The molecule has 0 aliphatic heterocycles. The SMILES string of the molecule is O=C(Nc1ncn(Cc2ccccc2)n1)c1cc(Br)ccc1I. The molecule has 0 atom stereocenters. The van der Waals surface area contributed by atoms with E-state index >= 15 is 0 Å². The summed E-state index contributed by atoms with van der Waals surface area (Å²) in [6, 6.07) is 15.5. The van der Waals surface area contributed by atoms with Crippen LogP contribution in [0.2, 0.25) is 0 Å². The molecule has 1 N–H and O–H groups in total. The van der Waals surface area contributed by atoms with Crippen LogP contribution in [0, 0.1) is 3.57 Å². The Bertz CT molecular complexity index is 835. The number of amides is 1. The van der Waals surface area contributed by atoms with E-state index in [0.717, 1.165) is 13.6 Å². The van der Waals surface area contributed by atoms with Crippen LogP contribution in [-0.2, 0) is 6.54 Å². The van der Waals surface area contributed by atoms with Gasteiger partial charge < -0.3 is 0 Å². The molecular formula is C16H12BrIN4O. The molecule has 23 heavy (non-hydrogen) atoms. The molecule has 3 aromatic rings. The first-order valence-electron chi connectivity index (χ1n) is 6.81. The number of aromatic nitrogens is 3. The largest absolute Gasteiger partial charge is 0.289 e. The van der Waals surface area contributed by atoms with Crippen molar-refractivity contribution in [2.75, 3.05) is 5.32 Å². The zero-order chi connectivity index (χ0) is 16.2. The lowest BCUT2D eigenvalue weighted by molar-refractivity contribution is 0.102. The van der Waals surface area contributed by atoms with Gasteiger partial charge in [0.15, 0.2) is 0 Å². The average Bonchev–Trinajstić information content (AvgIpc) is 2.97. The Morgan fingerprint density at radius 2 is 2.00 bits per heavy atom. The lowest BCUT2D eigenvalue weighted by Crippen LogP contribution is -2.15. The minimum atomic E-state index is -0.229. The number of rotatable bonds is 4. The fourth-order valence-corrected chi connectivity index (χ4v) is 2.98. The zero-order valence-electron chi connectivity index (χ0n) is 11.9. The minimum absolute atomic E-state index is 0.229. The summed E-state index contributed by atoms with van der Waals surface area (Å²) in [6.07, 6.45) is 1.61. The lowest BCUT2D eigenvalue weighted by atomic mass is 10.2. The highest BCUT2D eigenvalue weighted by atomic mass is 127. The van der Waals surface area contributed by atoms with Crippen molar-refractivity contribution >= 4 is 50.4 Å². The maximum Gasteiger partial charge on any atom is 0.259 e. The summed E-state index contributed by atoms with van der Waals surface area (Å²) in [7, 11) is 0. The van der Waals surface area contributed by atoms with Gasteiger partial charge in [0.1, 0.15) is 6.33 Å². The van der Waals surface area contributed by atoms with E-state index in [1.54, 1.807) is 17.1 Å². The van der Waals surface area contributed by atoms with Crippen molar-refractivity contribution in [3.8, 4) is 0 Å². The van der Waals surface area contributed by atoms with Gasteiger partial charge in [-0.15, -0.1) is 5.10 Å². The molecule has 3 rings (SSSR count). The number of carbonyl (C=O) groups is 1. The van der Waals surface area contributed by atoms with Crippen LogP contribution >= 0.6 is 38.5 Å². The fraction of sp³-hybridized carbons (Fsp3) is 0.0625. The van der Waals surface area contributed by atoms with Crippen LogP contribution in [0.5, 0.6) is 0 Å². The van der Waals surface area contributed by atoms with Crippen molar-refractivity contribution in [1.29, 1.82) is 0 Å². The predicted octanol–water partition coefficient (Wildman–Crippen LogP) is 3.95. The van der Waals surface area contributed by atoms with E-state index in [1.165, 1.54) is 0 Å². The zero-order valence-corrected chi connectivity index (χ0v) is 15.7. The molecule has 116 valence electrons. The van der Waals surface area contributed by atoms with E-state index in [-0.39, 0.29) is 5.91 Å². The first kappa shape index (κ1) is 16.1. The quantitative estimate of drug-likeness (QED) is 0.573. The summed E-state index contributed by atoms with van der Waals surface area (Å²) < 4.78 is 3.41. The maximum absolute atomic E-state index is 12.3. The van der Waals surface area contributed by atoms with Crippen molar-refractivity contribution in [3.63, 3.8) is 0 Å². The highest BCUT2D eigenvalue weighted by molar-refractivity contribution is 14.1. The molecule has 0 unspecified atom stereocenters. The summed E-state index contributed by atoms with van der Waals surface area (Å²) in [6.45, 7) is 0.609. The van der Waals surface area contributed by atoms with E-state index in [0.29, 0.717) is 18.1 Å². The molecule has 0 aliphatic carbocycles. The summed E-state index contributed by atoms with van der Waals surface area (Å²) in [4.78, 5) is 16.5. The summed E-state index contributed by atoms with van der Waals surface area (Å²) in [5.41, 5.74) is 1.70. The molecule has 0 bridgehead atoms. The Labute approximate surface area is 155 Å². The summed E-state index contributed by atoms with van der Waals surface area (Å²) >= 11 is 5.50. The van der Waals surface area contributed by atoms with Gasteiger partial charge in [0.05, 0.1) is 12.1 Å². The summed E-state index contributed by atoms with van der Waals surface area (Å²) in [5, 5.41) is 7.01. The molecule has 1 heterocycles. The highest BCUT2D eigenvalue weighted by Crippen LogP contribution is 2.19. The van der Waals surface area contributed by atoms with Gasteiger partial charge in [0.2, 0.25) is 5.95 Å². The van der Waals surface area contributed by atoms with Crippen LogP contribution in [0.25, 0.3) is 0 Å². The topological polar surface area (TPSA) is 59.8 Å². The van der Waals surface area contributed by atoms with Crippen molar-refractivity contribution in [2.45, 2.75) is 6.54 Å². The summed E-state index contributed by atoms with van der Waals surface area (Å²) in [5.74, 6) is 0.0647. The number of nitrogens with zero attached hydrogens (tertiary/aromatic N) is 3. The molecule has 0 fully saturated rings. The molecule has 1 amide bonds. The van der Waals surface area contributed by atoms with E-state index in [2.05, 4.69) is 53.9 Å². The van der Waals surface area contributed by atoms with Crippen molar-refractivity contribution in [2.24, 2.45) is 0 Å². The van der Waals surface area contributed by atoms with Gasteiger partial charge in [-0.25, -0.2) is 9.67 Å². The third-order valence-electron chi connectivity index (χ3n) is 3.12. The molecule has 7 heteroatoms. The third-order valence-corrected chi connectivity index (χ3v) is 4.56. The number of hydrogen-bond donors (Lipinski definition) is 1. The number of nitrogens with one attached hydrogen (secondary N) is 1. The average molecular weight is 483 g/mol. The number of hydrogen-bond acceptors (Lipinski definition) is 3. The van der Waals surface area contributed by atoms with Gasteiger partial charge in [-0.3, -0.25) is 10.1 Å². The van der Waals surface area contributed by atoms with Crippen molar-refractivity contribution < 1.29 is 4.79 Å². The predicted molar refractivity (Wildman–Crippen MR) is 100 cm³/mol.